The summed E-state index contributed by atoms with van der Waals surface area (Å²) in [5, 5.41) is 8.51. The molecule has 0 fully saturated rings. The Labute approximate surface area is 192 Å². The topological polar surface area (TPSA) is 54.2 Å². The van der Waals surface area contributed by atoms with Crippen molar-refractivity contribution in [1.29, 1.82) is 0 Å². The minimum Gasteiger partial charge on any atom is -0.351 e. The highest BCUT2D eigenvalue weighted by molar-refractivity contribution is 7.98. The molecule has 0 bridgehead atoms. The van der Waals surface area contributed by atoms with E-state index in [2.05, 4.69) is 59.7 Å². The van der Waals surface area contributed by atoms with Crippen molar-refractivity contribution < 1.29 is 4.52 Å². The third-order valence-electron chi connectivity index (χ3n) is 5.47. The number of nitrogens with one attached hydrogen (secondary N) is 1. The molecule has 160 valence electrons. The SMILES string of the molecule is CCCCN1C(=S)NC(c2ccc(SC)cc2)C(c2nc(-c3ccccc3)no2)=C1C. The van der Waals surface area contributed by atoms with Crippen molar-refractivity contribution in [2.75, 3.05) is 12.8 Å². The molecule has 3 aromatic rings. The monoisotopic (exact) mass is 450 g/mol. The number of thiocarbonyl (C=S) groups is 1. The molecule has 4 rings (SSSR count). The molecular weight excluding hydrogens is 424 g/mol. The quantitative estimate of drug-likeness (QED) is 0.354. The van der Waals surface area contributed by atoms with Crippen LogP contribution in [0.1, 0.15) is 44.2 Å². The Morgan fingerprint density at radius 2 is 1.87 bits per heavy atom. The molecule has 0 saturated carbocycles. The molecule has 7 heteroatoms. The van der Waals surface area contributed by atoms with E-state index in [1.165, 1.54) is 4.90 Å². The minimum atomic E-state index is -0.148. The van der Waals surface area contributed by atoms with Crippen LogP contribution in [-0.4, -0.2) is 33.0 Å². The summed E-state index contributed by atoms with van der Waals surface area (Å²) >= 11 is 7.46. The molecule has 1 aromatic heterocycles. The number of allylic oxidation sites excluding steroid dienone is 1. The number of hydrogen-bond donors (Lipinski definition) is 1. The van der Waals surface area contributed by atoms with Gasteiger partial charge in [-0.25, -0.2) is 0 Å². The average molecular weight is 451 g/mol. The third kappa shape index (κ3) is 4.52. The minimum absolute atomic E-state index is 0.148. The van der Waals surface area contributed by atoms with Gasteiger partial charge in [-0.05, 0) is 49.5 Å². The van der Waals surface area contributed by atoms with Crippen LogP contribution in [-0.2, 0) is 0 Å². The Morgan fingerprint density at radius 1 is 1.13 bits per heavy atom. The Morgan fingerprint density at radius 3 is 2.55 bits per heavy atom. The molecule has 5 nitrogen and oxygen atoms in total. The number of rotatable bonds is 7. The van der Waals surface area contributed by atoms with Gasteiger partial charge in [0.05, 0.1) is 11.6 Å². The Hall–Kier alpha value is -2.64. The largest absolute Gasteiger partial charge is 0.351 e. The normalized spacial score (nSPS) is 16.5. The van der Waals surface area contributed by atoms with Crippen LogP contribution in [0.25, 0.3) is 17.0 Å². The van der Waals surface area contributed by atoms with Crippen molar-refractivity contribution >= 4 is 34.7 Å². The predicted molar refractivity (Wildman–Crippen MR) is 131 cm³/mol. The summed E-state index contributed by atoms with van der Waals surface area (Å²) in [5.41, 5.74) is 4.07. The molecule has 1 atom stereocenters. The molecule has 0 spiro atoms. The van der Waals surface area contributed by atoms with Gasteiger partial charge in [-0.1, -0.05) is 61.0 Å². The van der Waals surface area contributed by atoms with Gasteiger partial charge in [0.2, 0.25) is 5.82 Å². The van der Waals surface area contributed by atoms with Crippen molar-refractivity contribution in [3.8, 4) is 11.4 Å². The van der Waals surface area contributed by atoms with Crippen LogP contribution in [0.4, 0.5) is 0 Å². The maximum Gasteiger partial charge on any atom is 0.258 e. The van der Waals surface area contributed by atoms with Gasteiger partial charge in [0.25, 0.3) is 5.89 Å². The van der Waals surface area contributed by atoms with Crippen LogP contribution in [0, 0.1) is 0 Å². The fourth-order valence-corrected chi connectivity index (χ4v) is 4.48. The fourth-order valence-electron chi connectivity index (χ4n) is 3.73. The lowest BCUT2D eigenvalue weighted by atomic mass is 9.94. The maximum atomic E-state index is 5.78. The molecule has 1 aliphatic rings. The summed E-state index contributed by atoms with van der Waals surface area (Å²) < 4.78 is 5.78. The third-order valence-corrected chi connectivity index (χ3v) is 6.55. The lowest BCUT2D eigenvalue weighted by Gasteiger charge is -2.37. The standard InChI is InChI=1S/C24H26N4OS2/c1-4-5-15-28-16(2)20(23-26-22(27-29-23)18-9-7-6-8-10-18)21(25-24(28)30)17-11-13-19(31-3)14-12-17/h6-14,21H,4-5,15H2,1-3H3,(H,25,30). The van der Waals surface area contributed by atoms with Crippen LogP contribution in [0.15, 0.2) is 69.7 Å². The van der Waals surface area contributed by atoms with E-state index < -0.39 is 0 Å². The summed E-state index contributed by atoms with van der Waals surface area (Å²) in [5.74, 6) is 1.10. The van der Waals surface area contributed by atoms with E-state index in [1.807, 2.05) is 30.3 Å². The first-order chi connectivity index (χ1) is 15.1. The zero-order valence-corrected chi connectivity index (χ0v) is 19.6. The molecule has 0 aliphatic carbocycles. The number of nitrogens with zero attached hydrogens (tertiary/aromatic N) is 3. The van der Waals surface area contributed by atoms with Gasteiger partial charge < -0.3 is 14.7 Å². The molecule has 1 unspecified atom stereocenters. The second-order valence-corrected chi connectivity index (χ2v) is 8.72. The molecule has 31 heavy (non-hydrogen) atoms. The van der Waals surface area contributed by atoms with E-state index in [4.69, 9.17) is 21.7 Å². The Balaban J connectivity index is 1.78. The molecule has 2 aromatic carbocycles. The first-order valence-electron chi connectivity index (χ1n) is 10.4. The van der Waals surface area contributed by atoms with E-state index in [1.54, 1.807) is 11.8 Å². The van der Waals surface area contributed by atoms with E-state index in [0.29, 0.717) is 11.7 Å². The summed E-state index contributed by atoms with van der Waals surface area (Å²) in [7, 11) is 0. The lowest BCUT2D eigenvalue weighted by Crippen LogP contribution is -2.46. The first kappa shape index (κ1) is 21.6. The van der Waals surface area contributed by atoms with Crippen molar-refractivity contribution in [2.45, 2.75) is 37.6 Å². The molecule has 1 aliphatic heterocycles. The van der Waals surface area contributed by atoms with Gasteiger partial charge in [0.1, 0.15) is 0 Å². The van der Waals surface area contributed by atoms with Gasteiger partial charge in [-0.2, -0.15) is 4.98 Å². The van der Waals surface area contributed by atoms with Crippen molar-refractivity contribution in [1.82, 2.24) is 20.4 Å². The second-order valence-electron chi connectivity index (χ2n) is 7.45. The zero-order chi connectivity index (χ0) is 21.8. The summed E-state index contributed by atoms with van der Waals surface area (Å²) in [4.78, 5) is 8.12. The maximum absolute atomic E-state index is 5.78. The highest BCUT2D eigenvalue weighted by Crippen LogP contribution is 2.38. The molecular formula is C24H26N4OS2. The number of unbranched alkanes of at least 4 members (excludes halogenated alkanes) is 1. The van der Waals surface area contributed by atoms with Gasteiger partial charge in [-0.15, -0.1) is 11.8 Å². The van der Waals surface area contributed by atoms with Crippen LogP contribution in [0.3, 0.4) is 0 Å². The Bertz CT molecular complexity index is 1080. The van der Waals surface area contributed by atoms with E-state index in [-0.39, 0.29) is 6.04 Å². The smallest absolute Gasteiger partial charge is 0.258 e. The van der Waals surface area contributed by atoms with E-state index in [0.717, 1.165) is 46.9 Å². The van der Waals surface area contributed by atoms with Crippen LogP contribution in [0.5, 0.6) is 0 Å². The van der Waals surface area contributed by atoms with Gasteiger partial charge in [-0.3, -0.25) is 0 Å². The van der Waals surface area contributed by atoms with Crippen LogP contribution >= 0.6 is 24.0 Å². The molecule has 0 radical (unpaired) electrons. The van der Waals surface area contributed by atoms with Gasteiger partial charge in [0.15, 0.2) is 5.11 Å². The molecule has 1 N–H and O–H groups in total. The fraction of sp³-hybridized carbons (Fsp3) is 0.292. The number of hydrogen-bond acceptors (Lipinski definition) is 5. The predicted octanol–water partition coefficient (Wildman–Crippen LogP) is 5.92. The van der Waals surface area contributed by atoms with Gasteiger partial charge >= 0.3 is 0 Å². The molecule has 0 amide bonds. The molecule has 2 heterocycles. The molecule has 0 saturated heterocycles. The first-order valence-corrected chi connectivity index (χ1v) is 12.1. The highest BCUT2D eigenvalue weighted by atomic mass is 32.2. The summed E-state index contributed by atoms with van der Waals surface area (Å²) in [6.45, 7) is 5.13. The number of thioether (sulfide) groups is 1. The Kier molecular flexibility index (Phi) is 6.73. The highest BCUT2D eigenvalue weighted by Gasteiger charge is 2.33. The van der Waals surface area contributed by atoms with Crippen LogP contribution in [0.2, 0.25) is 0 Å². The van der Waals surface area contributed by atoms with Crippen molar-refractivity contribution in [2.24, 2.45) is 0 Å². The zero-order valence-electron chi connectivity index (χ0n) is 18.0. The van der Waals surface area contributed by atoms with E-state index >= 15 is 0 Å². The summed E-state index contributed by atoms with van der Waals surface area (Å²) in [6.07, 6.45) is 4.23. The number of benzene rings is 2. The summed E-state index contributed by atoms with van der Waals surface area (Å²) in [6, 6.07) is 18.3. The second kappa shape index (κ2) is 9.66. The lowest BCUT2D eigenvalue weighted by molar-refractivity contribution is 0.395. The average Bonchev–Trinajstić information content (AvgIpc) is 3.29. The van der Waals surface area contributed by atoms with E-state index in [9.17, 15) is 0 Å². The number of aromatic nitrogens is 2. The van der Waals surface area contributed by atoms with Crippen LogP contribution < -0.4 is 5.32 Å². The van der Waals surface area contributed by atoms with Crippen molar-refractivity contribution in [3.63, 3.8) is 0 Å². The van der Waals surface area contributed by atoms with Crippen molar-refractivity contribution in [3.05, 3.63) is 71.7 Å². The van der Waals surface area contributed by atoms with Gasteiger partial charge in [0, 0.05) is 22.7 Å².